The minimum absolute atomic E-state index is 0.0497. The van der Waals surface area contributed by atoms with Crippen LogP contribution in [0.1, 0.15) is 39.7 Å². The van der Waals surface area contributed by atoms with Gasteiger partial charge in [-0.2, -0.15) is 12.6 Å². The van der Waals surface area contributed by atoms with Crippen LogP contribution in [0.4, 0.5) is 0 Å². The molecule has 0 spiro atoms. The summed E-state index contributed by atoms with van der Waals surface area (Å²) in [7, 11) is 3.37. The summed E-state index contributed by atoms with van der Waals surface area (Å²) in [6.45, 7) is 9.01. The molecule has 0 N–H and O–H groups in total. The highest BCUT2D eigenvalue weighted by Gasteiger charge is 2.30. The van der Waals surface area contributed by atoms with E-state index in [0.717, 1.165) is 23.7 Å². The lowest BCUT2D eigenvalue weighted by Crippen LogP contribution is -2.28. The van der Waals surface area contributed by atoms with E-state index in [1.165, 1.54) is 5.56 Å². The number of rotatable bonds is 6. The largest absolute Gasteiger partial charge is 0.497 e. The molecule has 0 atom stereocenters. The van der Waals surface area contributed by atoms with Crippen LogP contribution in [0, 0.1) is 5.41 Å². The number of methoxy groups -OCH3 is 2. The standard InChI is InChI=1S/C16H26O2S/c1-15(2,11-19)10-16(3,4)12-7-13(17-5)9-14(8-12)18-6/h7-9,19H,10-11H2,1-6H3. The molecule has 1 aromatic rings. The smallest absolute Gasteiger partial charge is 0.122 e. The molecule has 0 aliphatic carbocycles. The zero-order valence-electron chi connectivity index (χ0n) is 12.9. The van der Waals surface area contributed by atoms with Gasteiger partial charge in [0, 0.05) is 6.07 Å². The summed E-state index contributed by atoms with van der Waals surface area (Å²) in [6.07, 6.45) is 1.06. The van der Waals surface area contributed by atoms with Crippen molar-refractivity contribution in [3.05, 3.63) is 23.8 Å². The third-order valence-corrected chi connectivity index (χ3v) is 4.34. The molecule has 0 unspecified atom stereocenters. The van der Waals surface area contributed by atoms with Crippen molar-refractivity contribution in [3.8, 4) is 11.5 Å². The molecule has 1 aromatic carbocycles. The van der Waals surface area contributed by atoms with Crippen molar-refractivity contribution in [2.24, 2.45) is 5.41 Å². The lowest BCUT2D eigenvalue weighted by molar-refractivity contribution is 0.289. The molecule has 0 radical (unpaired) electrons. The maximum atomic E-state index is 5.35. The molecule has 0 aliphatic rings. The molecule has 1 rings (SSSR count). The molecule has 0 aliphatic heterocycles. The Hall–Kier alpha value is -0.830. The predicted octanol–water partition coefficient (Wildman–Crippen LogP) is 4.33. The van der Waals surface area contributed by atoms with Crippen LogP contribution >= 0.6 is 12.6 Å². The zero-order chi connectivity index (χ0) is 14.7. The summed E-state index contributed by atoms with van der Waals surface area (Å²) in [6, 6.07) is 6.09. The Labute approximate surface area is 122 Å². The molecular formula is C16H26O2S. The van der Waals surface area contributed by atoms with Gasteiger partial charge in [0.2, 0.25) is 0 Å². The molecule has 0 heterocycles. The van der Waals surface area contributed by atoms with Gasteiger partial charge in [0.1, 0.15) is 11.5 Å². The van der Waals surface area contributed by atoms with Crippen molar-refractivity contribution < 1.29 is 9.47 Å². The molecule has 0 aromatic heterocycles. The van der Waals surface area contributed by atoms with Crippen molar-refractivity contribution >= 4 is 12.6 Å². The summed E-state index contributed by atoms with van der Waals surface area (Å²) in [4.78, 5) is 0. The van der Waals surface area contributed by atoms with Crippen LogP contribution in [0.15, 0.2) is 18.2 Å². The van der Waals surface area contributed by atoms with E-state index >= 15 is 0 Å². The van der Waals surface area contributed by atoms with Crippen LogP contribution in [0.3, 0.4) is 0 Å². The molecule has 19 heavy (non-hydrogen) atoms. The van der Waals surface area contributed by atoms with Gasteiger partial charge in [-0.1, -0.05) is 27.7 Å². The summed E-state index contributed by atoms with van der Waals surface area (Å²) >= 11 is 4.45. The number of hydrogen-bond acceptors (Lipinski definition) is 3. The van der Waals surface area contributed by atoms with Crippen LogP contribution in [0.25, 0.3) is 0 Å². The Balaban J connectivity index is 3.12. The SMILES string of the molecule is COc1cc(OC)cc(C(C)(C)CC(C)(C)CS)c1. The average molecular weight is 282 g/mol. The molecule has 0 amide bonds. The van der Waals surface area contributed by atoms with E-state index in [4.69, 9.17) is 9.47 Å². The summed E-state index contributed by atoms with van der Waals surface area (Å²) in [5.74, 6) is 2.55. The second-order valence-electron chi connectivity index (χ2n) is 6.48. The number of thiol groups is 1. The van der Waals surface area contributed by atoms with E-state index in [1.54, 1.807) is 14.2 Å². The van der Waals surface area contributed by atoms with Gasteiger partial charge >= 0.3 is 0 Å². The third-order valence-electron chi connectivity index (χ3n) is 3.48. The van der Waals surface area contributed by atoms with Gasteiger partial charge in [-0.15, -0.1) is 0 Å². The predicted molar refractivity (Wildman–Crippen MR) is 84.8 cm³/mol. The van der Waals surface area contributed by atoms with Crippen LogP contribution < -0.4 is 9.47 Å². The highest BCUT2D eigenvalue weighted by molar-refractivity contribution is 7.80. The summed E-state index contributed by atoms with van der Waals surface area (Å²) in [5, 5.41) is 0. The first kappa shape index (κ1) is 16.2. The number of ether oxygens (including phenoxy) is 2. The van der Waals surface area contributed by atoms with E-state index in [1.807, 2.05) is 6.07 Å². The van der Waals surface area contributed by atoms with Gasteiger partial charge < -0.3 is 9.47 Å². The van der Waals surface area contributed by atoms with Crippen molar-refractivity contribution in [2.45, 2.75) is 39.5 Å². The van der Waals surface area contributed by atoms with E-state index < -0.39 is 0 Å². The van der Waals surface area contributed by atoms with Crippen LogP contribution in [-0.4, -0.2) is 20.0 Å². The molecular weight excluding hydrogens is 256 g/mol. The molecule has 2 nitrogen and oxygen atoms in total. The van der Waals surface area contributed by atoms with Gasteiger partial charge in [-0.3, -0.25) is 0 Å². The van der Waals surface area contributed by atoms with Crippen LogP contribution in [-0.2, 0) is 5.41 Å². The average Bonchev–Trinajstić information content (AvgIpc) is 2.37. The Morgan fingerprint density at radius 3 is 1.79 bits per heavy atom. The highest BCUT2D eigenvalue weighted by atomic mass is 32.1. The Kier molecular flexibility index (Phi) is 5.19. The molecule has 0 bridgehead atoms. The topological polar surface area (TPSA) is 18.5 Å². The van der Waals surface area contributed by atoms with Gasteiger partial charge in [-0.05, 0) is 40.7 Å². The first-order chi connectivity index (χ1) is 8.74. The fourth-order valence-electron chi connectivity index (χ4n) is 2.55. The van der Waals surface area contributed by atoms with Crippen molar-refractivity contribution in [1.29, 1.82) is 0 Å². The van der Waals surface area contributed by atoms with E-state index in [-0.39, 0.29) is 10.8 Å². The molecule has 0 fully saturated rings. The van der Waals surface area contributed by atoms with Gasteiger partial charge in [0.15, 0.2) is 0 Å². The van der Waals surface area contributed by atoms with Crippen LogP contribution in [0.2, 0.25) is 0 Å². The second kappa shape index (κ2) is 6.08. The maximum Gasteiger partial charge on any atom is 0.122 e. The number of hydrogen-bond donors (Lipinski definition) is 1. The molecule has 0 saturated heterocycles. The lowest BCUT2D eigenvalue weighted by Gasteiger charge is -2.34. The second-order valence-corrected chi connectivity index (χ2v) is 6.80. The minimum Gasteiger partial charge on any atom is -0.497 e. The fraction of sp³-hybridized carbons (Fsp3) is 0.625. The minimum atomic E-state index is 0.0497. The molecule has 108 valence electrons. The van der Waals surface area contributed by atoms with E-state index in [9.17, 15) is 0 Å². The van der Waals surface area contributed by atoms with E-state index in [0.29, 0.717) is 0 Å². The normalized spacial score (nSPS) is 12.4. The Bertz CT molecular complexity index is 403. The van der Waals surface area contributed by atoms with Gasteiger partial charge in [-0.25, -0.2) is 0 Å². The number of benzene rings is 1. The molecule has 0 saturated carbocycles. The summed E-state index contributed by atoms with van der Waals surface area (Å²) < 4.78 is 10.7. The first-order valence-electron chi connectivity index (χ1n) is 6.58. The van der Waals surface area contributed by atoms with E-state index in [2.05, 4.69) is 52.5 Å². The van der Waals surface area contributed by atoms with Gasteiger partial charge in [0.25, 0.3) is 0 Å². The van der Waals surface area contributed by atoms with Crippen molar-refractivity contribution in [2.75, 3.05) is 20.0 Å². The molecule has 3 heteroatoms. The lowest BCUT2D eigenvalue weighted by atomic mass is 9.72. The quantitative estimate of drug-likeness (QED) is 0.783. The highest BCUT2D eigenvalue weighted by Crippen LogP contribution is 2.39. The van der Waals surface area contributed by atoms with Crippen LogP contribution in [0.5, 0.6) is 11.5 Å². The monoisotopic (exact) mass is 282 g/mol. The summed E-state index contributed by atoms with van der Waals surface area (Å²) in [5.41, 5.74) is 1.48. The Morgan fingerprint density at radius 2 is 1.42 bits per heavy atom. The Morgan fingerprint density at radius 1 is 0.947 bits per heavy atom. The van der Waals surface area contributed by atoms with Gasteiger partial charge in [0.05, 0.1) is 14.2 Å². The maximum absolute atomic E-state index is 5.35. The van der Waals surface area contributed by atoms with Crippen molar-refractivity contribution in [3.63, 3.8) is 0 Å². The van der Waals surface area contributed by atoms with Crippen molar-refractivity contribution in [1.82, 2.24) is 0 Å². The first-order valence-corrected chi connectivity index (χ1v) is 7.22. The third kappa shape index (κ3) is 4.34. The zero-order valence-corrected chi connectivity index (χ0v) is 13.8. The fourth-order valence-corrected chi connectivity index (χ4v) is 2.66.